The smallest absolute Gasteiger partial charge is 0.343 e. The maximum atomic E-state index is 13.2. The van der Waals surface area contributed by atoms with Crippen LogP contribution in [0.25, 0.3) is 0 Å². The van der Waals surface area contributed by atoms with E-state index < -0.39 is 5.97 Å². The quantitative estimate of drug-likeness (QED) is 0.329. The topological polar surface area (TPSA) is 63.7 Å². The van der Waals surface area contributed by atoms with Gasteiger partial charge in [0.2, 0.25) is 11.8 Å². The molecule has 1 aliphatic heterocycles. The van der Waals surface area contributed by atoms with Gasteiger partial charge in [-0.25, -0.2) is 4.79 Å². The number of nitrogens with zero attached hydrogens (tertiary/aromatic N) is 1. The Hall–Kier alpha value is -3.21. The zero-order chi connectivity index (χ0) is 21.3. The number of hydrogen-bond acceptors (Lipinski definition) is 4. The normalized spacial score (nSPS) is 32.1. The first kappa shape index (κ1) is 18.6. The fourth-order valence-corrected chi connectivity index (χ4v) is 5.92. The lowest BCUT2D eigenvalue weighted by Gasteiger charge is -2.37. The first-order chi connectivity index (χ1) is 15.1. The molecule has 5 aliphatic rings. The molecule has 1 saturated heterocycles. The number of aryl methyl sites for hydroxylation is 1. The van der Waals surface area contributed by atoms with Crippen molar-refractivity contribution < 1.29 is 19.1 Å². The lowest BCUT2D eigenvalue weighted by molar-refractivity contribution is -0.124. The summed E-state index contributed by atoms with van der Waals surface area (Å²) >= 11 is 0. The van der Waals surface area contributed by atoms with Crippen LogP contribution < -0.4 is 9.64 Å². The number of ether oxygens (including phenoxy) is 1. The first-order valence-corrected chi connectivity index (χ1v) is 11.0. The molecule has 0 radical (unpaired) electrons. The summed E-state index contributed by atoms with van der Waals surface area (Å²) in [6.45, 7) is 2.07. The SMILES string of the molecule is CCc1ccc(OC(=O)c2ccc(N3C(=O)[C@@H]4[C@H]5C=C[C@@H]([C@@H]6C[C@H]56)[C@H]4C3=O)cc2)cc1. The molecule has 5 heteroatoms. The maximum Gasteiger partial charge on any atom is 0.343 e. The van der Waals surface area contributed by atoms with Crippen LogP contribution in [0.3, 0.4) is 0 Å². The molecule has 0 aromatic heterocycles. The molecule has 2 bridgehead atoms. The highest BCUT2D eigenvalue weighted by atomic mass is 16.5. The molecule has 2 amide bonds. The number of esters is 1. The van der Waals surface area contributed by atoms with E-state index in [4.69, 9.17) is 4.74 Å². The predicted octanol–water partition coefficient (Wildman–Crippen LogP) is 4.03. The maximum absolute atomic E-state index is 13.2. The van der Waals surface area contributed by atoms with E-state index in [1.54, 1.807) is 36.4 Å². The number of carbonyl (C=O) groups is 3. The molecule has 0 unspecified atom stereocenters. The van der Waals surface area contributed by atoms with Gasteiger partial charge in [-0.2, -0.15) is 0 Å². The molecular formula is C26H23NO4. The van der Waals surface area contributed by atoms with Crippen molar-refractivity contribution in [3.63, 3.8) is 0 Å². The highest BCUT2D eigenvalue weighted by molar-refractivity contribution is 6.22. The van der Waals surface area contributed by atoms with Crippen LogP contribution in [0.1, 0.15) is 29.3 Å². The van der Waals surface area contributed by atoms with E-state index in [-0.39, 0.29) is 35.5 Å². The number of benzene rings is 2. The second-order valence-corrected chi connectivity index (χ2v) is 9.10. The summed E-state index contributed by atoms with van der Waals surface area (Å²) < 4.78 is 5.44. The molecule has 3 fully saturated rings. The molecule has 5 nitrogen and oxygen atoms in total. The van der Waals surface area contributed by atoms with Crippen molar-refractivity contribution in [3.8, 4) is 5.75 Å². The van der Waals surface area contributed by atoms with Crippen molar-refractivity contribution in [2.24, 2.45) is 35.5 Å². The fourth-order valence-electron chi connectivity index (χ4n) is 5.92. The Balaban J connectivity index is 1.20. The number of carbonyl (C=O) groups excluding carboxylic acids is 3. The molecule has 0 spiro atoms. The van der Waals surface area contributed by atoms with Crippen LogP contribution in [0, 0.1) is 35.5 Å². The molecule has 31 heavy (non-hydrogen) atoms. The summed E-state index contributed by atoms with van der Waals surface area (Å²) in [6.07, 6.45) is 6.40. The summed E-state index contributed by atoms with van der Waals surface area (Å²) in [5, 5.41) is 0. The third kappa shape index (κ3) is 2.72. The minimum absolute atomic E-state index is 0.0916. The minimum atomic E-state index is -0.467. The molecule has 2 aromatic carbocycles. The van der Waals surface area contributed by atoms with Crippen LogP contribution in [0.15, 0.2) is 60.7 Å². The van der Waals surface area contributed by atoms with Crippen LogP contribution in [0.4, 0.5) is 5.69 Å². The van der Waals surface area contributed by atoms with Crippen LogP contribution in [0.2, 0.25) is 0 Å². The minimum Gasteiger partial charge on any atom is -0.423 e. The highest BCUT2D eigenvalue weighted by Gasteiger charge is 2.67. The van der Waals surface area contributed by atoms with Crippen molar-refractivity contribution in [3.05, 3.63) is 71.8 Å². The number of allylic oxidation sites excluding steroid dienone is 2. The monoisotopic (exact) mass is 413 g/mol. The van der Waals surface area contributed by atoms with E-state index >= 15 is 0 Å². The third-order valence-corrected chi connectivity index (χ3v) is 7.57. The van der Waals surface area contributed by atoms with Gasteiger partial charge in [-0.1, -0.05) is 31.2 Å². The standard InChI is InChI=1S/C26H23NO4/c1-2-14-3-9-17(10-4-14)31-26(30)15-5-7-16(8-6-15)27-24(28)22-18-11-12-19(21-13-20(18)21)23(22)25(27)29/h3-12,18-23H,2,13H2,1H3/t18-,19-,20-,21+,22+,23+/m0/s1. The second-order valence-electron chi connectivity index (χ2n) is 9.10. The highest BCUT2D eigenvalue weighted by Crippen LogP contribution is 2.65. The van der Waals surface area contributed by atoms with E-state index in [0.29, 0.717) is 28.8 Å². The predicted molar refractivity (Wildman–Crippen MR) is 114 cm³/mol. The summed E-state index contributed by atoms with van der Waals surface area (Å²) in [4.78, 5) is 40.2. The molecule has 0 N–H and O–H groups in total. The van der Waals surface area contributed by atoms with Crippen LogP contribution in [-0.2, 0) is 16.0 Å². The van der Waals surface area contributed by atoms with Crippen molar-refractivity contribution in [1.82, 2.24) is 0 Å². The van der Waals surface area contributed by atoms with Crippen LogP contribution >= 0.6 is 0 Å². The van der Waals surface area contributed by atoms with Gasteiger partial charge in [-0.05, 0) is 78.5 Å². The van der Waals surface area contributed by atoms with Crippen LogP contribution in [-0.4, -0.2) is 17.8 Å². The fraction of sp³-hybridized carbons (Fsp3) is 0.346. The largest absolute Gasteiger partial charge is 0.423 e. The van der Waals surface area contributed by atoms with E-state index in [0.717, 1.165) is 12.8 Å². The Labute approximate surface area is 180 Å². The van der Waals surface area contributed by atoms with Crippen molar-refractivity contribution in [1.29, 1.82) is 0 Å². The van der Waals surface area contributed by atoms with Gasteiger partial charge in [0.15, 0.2) is 0 Å². The number of anilines is 1. The Bertz CT molecular complexity index is 1080. The Morgan fingerprint density at radius 1 is 0.903 bits per heavy atom. The van der Waals surface area contributed by atoms with Gasteiger partial charge < -0.3 is 4.74 Å². The van der Waals surface area contributed by atoms with Gasteiger partial charge >= 0.3 is 5.97 Å². The van der Waals surface area contributed by atoms with Gasteiger partial charge in [0.1, 0.15) is 5.75 Å². The van der Waals surface area contributed by atoms with Gasteiger partial charge in [-0.15, -0.1) is 0 Å². The van der Waals surface area contributed by atoms with Gasteiger partial charge in [0.05, 0.1) is 23.1 Å². The molecule has 1 heterocycles. The molecule has 6 atom stereocenters. The number of imide groups is 1. The summed E-state index contributed by atoms with van der Waals surface area (Å²) in [5.74, 6) is 0.964. The molecular weight excluding hydrogens is 390 g/mol. The lowest BCUT2D eigenvalue weighted by atomic mass is 9.63. The number of hydrogen-bond donors (Lipinski definition) is 0. The Morgan fingerprint density at radius 3 is 2.03 bits per heavy atom. The van der Waals surface area contributed by atoms with Gasteiger partial charge in [-0.3, -0.25) is 14.5 Å². The third-order valence-electron chi connectivity index (χ3n) is 7.57. The van der Waals surface area contributed by atoms with E-state index in [1.807, 2.05) is 12.1 Å². The average Bonchev–Trinajstić information content (AvgIpc) is 3.58. The molecule has 7 rings (SSSR count). The van der Waals surface area contributed by atoms with Crippen molar-refractivity contribution >= 4 is 23.5 Å². The van der Waals surface area contributed by atoms with Gasteiger partial charge in [0, 0.05) is 0 Å². The number of amides is 2. The van der Waals surface area contributed by atoms with E-state index in [9.17, 15) is 14.4 Å². The van der Waals surface area contributed by atoms with Crippen LogP contribution in [0.5, 0.6) is 5.75 Å². The van der Waals surface area contributed by atoms with Gasteiger partial charge in [0.25, 0.3) is 0 Å². The van der Waals surface area contributed by atoms with Crippen molar-refractivity contribution in [2.45, 2.75) is 19.8 Å². The Kier molecular flexibility index (Phi) is 3.98. The zero-order valence-electron chi connectivity index (χ0n) is 17.2. The average molecular weight is 413 g/mol. The van der Waals surface area contributed by atoms with E-state index in [1.165, 1.54) is 10.5 Å². The summed E-state index contributed by atoms with van der Waals surface area (Å²) in [5.41, 5.74) is 2.08. The van der Waals surface area contributed by atoms with Crippen molar-refractivity contribution in [2.75, 3.05) is 4.90 Å². The second kappa shape index (κ2) is 6.64. The number of rotatable bonds is 4. The molecule has 156 valence electrons. The summed E-state index contributed by atoms with van der Waals surface area (Å²) in [6, 6.07) is 14.0. The molecule has 2 saturated carbocycles. The summed E-state index contributed by atoms with van der Waals surface area (Å²) in [7, 11) is 0. The van der Waals surface area contributed by atoms with E-state index in [2.05, 4.69) is 19.1 Å². The molecule has 4 aliphatic carbocycles. The molecule has 2 aromatic rings. The zero-order valence-corrected chi connectivity index (χ0v) is 17.2. The first-order valence-electron chi connectivity index (χ1n) is 11.0. The lowest BCUT2D eigenvalue weighted by Crippen LogP contribution is -2.40. The Morgan fingerprint density at radius 2 is 1.48 bits per heavy atom.